The van der Waals surface area contributed by atoms with Crippen molar-refractivity contribution >= 4 is 17.7 Å². The van der Waals surface area contributed by atoms with Crippen molar-refractivity contribution in [1.29, 1.82) is 0 Å². The van der Waals surface area contributed by atoms with Crippen molar-refractivity contribution in [3.8, 4) is 0 Å². The first-order valence-corrected chi connectivity index (χ1v) is 7.89. The number of nitrogens with one attached hydrogen (secondary N) is 2. The second kappa shape index (κ2) is 7.34. The monoisotopic (exact) mass is 348 g/mol. The van der Waals surface area contributed by atoms with Crippen LogP contribution in [0.15, 0.2) is 27.8 Å². The molecule has 1 atom stereocenters. The molecule has 0 bridgehead atoms. The minimum atomic E-state index is -0.268. The molecule has 10 nitrogen and oxygen atoms in total. The lowest BCUT2D eigenvalue weighted by molar-refractivity contribution is -0.00452. The number of urea groups is 1. The number of carbonyl (C=O) groups is 1. The van der Waals surface area contributed by atoms with E-state index in [1.54, 1.807) is 37.3 Å². The molecular formula is C15H20N6O4. The number of morpholine rings is 1. The zero-order valence-corrected chi connectivity index (χ0v) is 14.1. The zero-order chi connectivity index (χ0) is 17.8. The van der Waals surface area contributed by atoms with E-state index in [-0.39, 0.29) is 23.5 Å². The number of anilines is 2. The molecule has 1 fully saturated rings. The Morgan fingerprint density at radius 1 is 1.48 bits per heavy atom. The number of aryl methyl sites for hydroxylation is 2. The van der Waals surface area contributed by atoms with Gasteiger partial charge in [0, 0.05) is 38.6 Å². The molecule has 0 aromatic carbocycles. The van der Waals surface area contributed by atoms with Gasteiger partial charge in [0.05, 0.1) is 19.3 Å². The summed E-state index contributed by atoms with van der Waals surface area (Å²) in [6.07, 6.45) is 2.89. The lowest BCUT2D eigenvalue weighted by Gasteiger charge is -2.32. The fourth-order valence-corrected chi connectivity index (χ4v) is 2.47. The maximum absolute atomic E-state index is 12.3. The van der Waals surface area contributed by atoms with Crippen molar-refractivity contribution in [1.82, 2.24) is 19.6 Å². The average molecular weight is 348 g/mol. The van der Waals surface area contributed by atoms with E-state index in [0.29, 0.717) is 37.8 Å². The Bertz CT molecular complexity index is 801. The van der Waals surface area contributed by atoms with E-state index in [0.717, 1.165) is 0 Å². The van der Waals surface area contributed by atoms with Gasteiger partial charge in [0.15, 0.2) is 11.6 Å². The van der Waals surface area contributed by atoms with Gasteiger partial charge in [-0.3, -0.25) is 10.1 Å². The summed E-state index contributed by atoms with van der Waals surface area (Å²) in [5.41, 5.74) is -0.214. The van der Waals surface area contributed by atoms with Crippen LogP contribution in [-0.2, 0) is 11.8 Å². The van der Waals surface area contributed by atoms with Gasteiger partial charge in [0.2, 0.25) is 0 Å². The van der Waals surface area contributed by atoms with E-state index >= 15 is 0 Å². The summed E-state index contributed by atoms with van der Waals surface area (Å²) >= 11 is 0. The first-order chi connectivity index (χ1) is 12.0. The summed E-state index contributed by atoms with van der Waals surface area (Å²) < 4.78 is 12.0. The van der Waals surface area contributed by atoms with Gasteiger partial charge in [-0.25, -0.2) is 9.78 Å². The number of aromatic nitrogens is 3. The summed E-state index contributed by atoms with van der Waals surface area (Å²) in [7, 11) is 1.66. The lowest BCUT2D eigenvalue weighted by Crippen LogP contribution is -2.49. The Balaban J connectivity index is 1.54. The third-order valence-corrected chi connectivity index (χ3v) is 3.80. The van der Waals surface area contributed by atoms with Crippen LogP contribution in [0.5, 0.6) is 0 Å². The zero-order valence-electron chi connectivity index (χ0n) is 14.1. The maximum atomic E-state index is 12.3. The fourth-order valence-electron chi connectivity index (χ4n) is 2.47. The Morgan fingerprint density at radius 3 is 3.08 bits per heavy atom. The van der Waals surface area contributed by atoms with Gasteiger partial charge in [-0.05, 0) is 6.92 Å². The average Bonchev–Trinajstić information content (AvgIpc) is 3.01. The van der Waals surface area contributed by atoms with Crippen LogP contribution in [0.4, 0.5) is 16.4 Å². The molecule has 0 radical (unpaired) electrons. The summed E-state index contributed by atoms with van der Waals surface area (Å²) in [6.45, 7) is 3.41. The highest BCUT2D eigenvalue weighted by molar-refractivity contribution is 5.88. The molecule has 1 saturated heterocycles. The molecule has 134 valence electrons. The van der Waals surface area contributed by atoms with Crippen LogP contribution in [0.3, 0.4) is 0 Å². The first kappa shape index (κ1) is 17.0. The summed E-state index contributed by atoms with van der Waals surface area (Å²) in [5.74, 6) is 1.25. The van der Waals surface area contributed by atoms with Crippen LogP contribution in [-0.4, -0.2) is 58.0 Å². The third kappa shape index (κ3) is 4.15. The van der Waals surface area contributed by atoms with Gasteiger partial charge in [-0.15, -0.1) is 0 Å². The predicted octanol–water partition coefficient (Wildman–Crippen LogP) is 0.422. The van der Waals surface area contributed by atoms with Crippen LogP contribution in [0, 0.1) is 6.92 Å². The van der Waals surface area contributed by atoms with Gasteiger partial charge in [-0.2, -0.15) is 0 Å². The second-order valence-corrected chi connectivity index (χ2v) is 5.76. The number of hydrogen-bond donors (Lipinski definition) is 2. The number of carbonyl (C=O) groups excluding carboxylic acids is 1. The minimum Gasteiger partial charge on any atom is -0.373 e. The Morgan fingerprint density at radius 2 is 2.32 bits per heavy atom. The summed E-state index contributed by atoms with van der Waals surface area (Å²) in [4.78, 5) is 29.9. The van der Waals surface area contributed by atoms with Crippen molar-refractivity contribution < 1.29 is 14.1 Å². The second-order valence-electron chi connectivity index (χ2n) is 5.76. The molecule has 2 aromatic heterocycles. The highest BCUT2D eigenvalue weighted by Gasteiger charge is 2.25. The predicted molar refractivity (Wildman–Crippen MR) is 89.5 cm³/mol. The molecule has 0 spiro atoms. The number of hydrogen-bond acceptors (Lipinski definition) is 7. The molecular weight excluding hydrogens is 328 g/mol. The van der Waals surface area contributed by atoms with Gasteiger partial charge in [0.1, 0.15) is 5.76 Å². The van der Waals surface area contributed by atoms with Crippen molar-refractivity contribution in [2.45, 2.75) is 13.0 Å². The van der Waals surface area contributed by atoms with Gasteiger partial charge in [0.25, 0.3) is 5.56 Å². The third-order valence-electron chi connectivity index (χ3n) is 3.80. The number of ether oxygens (including phenoxy) is 1. The topological polar surface area (TPSA) is 115 Å². The highest BCUT2D eigenvalue weighted by Crippen LogP contribution is 2.11. The van der Waals surface area contributed by atoms with Crippen LogP contribution in [0.1, 0.15) is 5.76 Å². The number of amides is 2. The summed E-state index contributed by atoms with van der Waals surface area (Å²) in [5, 5.41) is 9.41. The normalized spacial score (nSPS) is 17.4. The van der Waals surface area contributed by atoms with Crippen LogP contribution < -0.4 is 16.2 Å². The van der Waals surface area contributed by atoms with Gasteiger partial charge >= 0.3 is 6.03 Å². The fraction of sp³-hybridized carbons (Fsp3) is 0.467. The van der Waals surface area contributed by atoms with Gasteiger partial charge < -0.3 is 24.0 Å². The van der Waals surface area contributed by atoms with E-state index in [1.165, 1.54) is 4.57 Å². The van der Waals surface area contributed by atoms with Crippen LogP contribution in [0.2, 0.25) is 0 Å². The Labute approximate surface area is 143 Å². The van der Waals surface area contributed by atoms with Crippen LogP contribution in [0.25, 0.3) is 0 Å². The largest absolute Gasteiger partial charge is 0.373 e. The van der Waals surface area contributed by atoms with E-state index in [4.69, 9.17) is 9.26 Å². The minimum absolute atomic E-state index is 0.214. The smallest absolute Gasteiger partial charge is 0.323 e. The van der Waals surface area contributed by atoms with Crippen molar-refractivity contribution in [2.24, 2.45) is 7.05 Å². The van der Waals surface area contributed by atoms with E-state index < -0.39 is 0 Å². The highest BCUT2D eigenvalue weighted by atomic mass is 16.5. The molecule has 0 saturated carbocycles. The molecule has 0 aliphatic carbocycles. The molecule has 10 heteroatoms. The summed E-state index contributed by atoms with van der Waals surface area (Å²) in [6, 6.07) is 1.38. The van der Waals surface area contributed by atoms with E-state index in [1.807, 2.05) is 0 Å². The van der Waals surface area contributed by atoms with Crippen LogP contribution >= 0.6 is 0 Å². The first-order valence-electron chi connectivity index (χ1n) is 7.89. The molecule has 3 heterocycles. The standard InChI is InChI=1S/C15H20N6O4/c1-10-7-12(19-25-10)18-15(23)21-5-6-24-11(9-21)8-17-13-14(22)20(2)4-3-16-13/h3-4,7,11H,5-6,8-9H2,1-2H3,(H,16,17)(H,18,19,23)/t11-/m1/s1. The van der Waals surface area contributed by atoms with Crippen molar-refractivity contribution in [2.75, 3.05) is 36.9 Å². The molecule has 3 rings (SSSR count). The SMILES string of the molecule is Cc1cc(NC(=O)N2CCO[C@H](CNc3nccn(C)c3=O)C2)no1. The number of nitrogens with zero attached hydrogens (tertiary/aromatic N) is 4. The van der Waals surface area contributed by atoms with Gasteiger partial charge in [-0.1, -0.05) is 5.16 Å². The molecule has 2 N–H and O–H groups in total. The molecule has 2 aromatic rings. The molecule has 0 unspecified atom stereocenters. The Kier molecular flexibility index (Phi) is 4.98. The van der Waals surface area contributed by atoms with Crippen molar-refractivity contribution in [3.05, 3.63) is 34.6 Å². The molecule has 1 aliphatic rings. The maximum Gasteiger partial charge on any atom is 0.323 e. The number of rotatable bonds is 4. The molecule has 1 aliphatic heterocycles. The molecule has 25 heavy (non-hydrogen) atoms. The van der Waals surface area contributed by atoms with Crippen molar-refractivity contribution in [3.63, 3.8) is 0 Å². The molecule has 2 amide bonds. The quantitative estimate of drug-likeness (QED) is 0.823. The van der Waals surface area contributed by atoms with E-state index in [2.05, 4.69) is 20.8 Å². The Hall–Kier alpha value is -2.88. The van der Waals surface area contributed by atoms with E-state index in [9.17, 15) is 9.59 Å². The lowest BCUT2D eigenvalue weighted by atomic mass is 10.2.